The van der Waals surface area contributed by atoms with Gasteiger partial charge in [-0.3, -0.25) is 30.6 Å². The van der Waals surface area contributed by atoms with E-state index in [2.05, 4.69) is 32.1 Å². The van der Waals surface area contributed by atoms with Crippen molar-refractivity contribution >= 4 is 51.0 Å². The summed E-state index contributed by atoms with van der Waals surface area (Å²) in [5.74, 6) is -0.614. The summed E-state index contributed by atoms with van der Waals surface area (Å²) in [6, 6.07) is 8.49. The van der Waals surface area contributed by atoms with Gasteiger partial charge in [-0.25, -0.2) is 0 Å². The molecule has 33 heavy (non-hydrogen) atoms. The predicted molar refractivity (Wildman–Crippen MR) is 125 cm³/mol. The Bertz CT molecular complexity index is 1020. The monoisotopic (exact) mass is 538 g/mol. The van der Waals surface area contributed by atoms with Crippen LogP contribution < -0.4 is 20.9 Å². The first-order valence-electron chi connectivity index (χ1n) is 10.00. The van der Waals surface area contributed by atoms with Crippen molar-refractivity contribution in [1.82, 2.24) is 21.1 Å². The molecule has 0 radical (unpaired) electrons. The highest BCUT2D eigenvalue weighted by molar-refractivity contribution is 9.10. The molecule has 1 aliphatic rings. The highest BCUT2D eigenvalue weighted by Crippen LogP contribution is 2.23. The lowest BCUT2D eigenvalue weighted by molar-refractivity contribution is -0.129. The fraction of sp³-hybridized carbons (Fsp3) is 0.333. The molecule has 3 N–H and O–H groups in total. The Morgan fingerprint density at radius 3 is 2.82 bits per heavy atom. The van der Waals surface area contributed by atoms with Crippen molar-refractivity contribution in [3.8, 4) is 5.75 Å². The summed E-state index contributed by atoms with van der Waals surface area (Å²) in [7, 11) is 1.55. The molecule has 12 heteroatoms. The minimum atomic E-state index is -0.552. The number of carbonyl (C=O) groups is 3. The fourth-order valence-corrected chi connectivity index (χ4v) is 3.66. The number of rotatable bonds is 8. The number of benzene rings is 1. The van der Waals surface area contributed by atoms with Crippen LogP contribution in [-0.2, 0) is 20.9 Å². The third-order valence-electron chi connectivity index (χ3n) is 4.77. The van der Waals surface area contributed by atoms with E-state index in [1.54, 1.807) is 42.3 Å². The molecule has 1 aromatic carbocycles. The first-order chi connectivity index (χ1) is 15.9. The molecular formula is C21H23BrN4O6S. The zero-order valence-electron chi connectivity index (χ0n) is 17.8. The van der Waals surface area contributed by atoms with Crippen molar-refractivity contribution in [2.45, 2.75) is 13.0 Å². The lowest BCUT2D eigenvalue weighted by atomic mass is 10.1. The van der Waals surface area contributed by atoms with Crippen molar-refractivity contribution in [2.75, 3.05) is 26.9 Å². The maximum Gasteiger partial charge on any atom is 0.261 e. The molecule has 0 aliphatic carbocycles. The van der Waals surface area contributed by atoms with Crippen LogP contribution in [0.15, 0.2) is 45.5 Å². The molecule has 0 spiro atoms. The number of nitrogens with zero attached hydrogens (tertiary/aromatic N) is 1. The molecule has 0 saturated carbocycles. The van der Waals surface area contributed by atoms with Gasteiger partial charge in [-0.05, 0) is 42.5 Å². The first kappa shape index (κ1) is 24.7. The van der Waals surface area contributed by atoms with Crippen LogP contribution in [0.5, 0.6) is 5.75 Å². The van der Waals surface area contributed by atoms with E-state index in [1.807, 2.05) is 0 Å². The van der Waals surface area contributed by atoms with E-state index in [0.29, 0.717) is 29.1 Å². The van der Waals surface area contributed by atoms with E-state index < -0.39 is 17.7 Å². The van der Waals surface area contributed by atoms with Gasteiger partial charge in [-0.1, -0.05) is 15.9 Å². The van der Waals surface area contributed by atoms with Gasteiger partial charge >= 0.3 is 0 Å². The number of furan rings is 1. The molecule has 3 amide bonds. The quantitative estimate of drug-likeness (QED) is 0.264. The normalized spacial score (nSPS) is 15.3. The van der Waals surface area contributed by atoms with Crippen molar-refractivity contribution in [1.29, 1.82) is 0 Å². The minimum absolute atomic E-state index is 0.0769. The summed E-state index contributed by atoms with van der Waals surface area (Å²) in [5.41, 5.74) is 5.20. The van der Waals surface area contributed by atoms with E-state index >= 15 is 0 Å². The summed E-state index contributed by atoms with van der Waals surface area (Å²) >= 11 is 8.43. The van der Waals surface area contributed by atoms with Crippen LogP contribution >= 0.6 is 28.1 Å². The smallest absolute Gasteiger partial charge is 0.261 e. The Hall–Kier alpha value is -2.96. The van der Waals surface area contributed by atoms with Gasteiger partial charge in [0.25, 0.3) is 5.91 Å². The van der Waals surface area contributed by atoms with Gasteiger partial charge in [0.15, 0.2) is 5.11 Å². The maximum absolute atomic E-state index is 12.7. The van der Waals surface area contributed by atoms with Crippen LogP contribution in [0.4, 0.5) is 0 Å². The third-order valence-corrected chi connectivity index (χ3v) is 5.47. The zero-order valence-corrected chi connectivity index (χ0v) is 20.2. The van der Waals surface area contributed by atoms with Crippen LogP contribution in [0.3, 0.4) is 0 Å². The van der Waals surface area contributed by atoms with Gasteiger partial charge in [-0.2, -0.15) is 0 Å². The van der Waals surface area contributed by atoms with E-state index in [-0.39, 0.29) is 36.2 Å². The number of methoxy groups -OCH3 is 1. The lowest BCUT2D eigenvalue weighted by Gasteiger charge is -2.16. The Balaban J connectivity index is 1.49. The Morgan fingerprint density at radius 1 is 1.27 bits per heavy atom. The zero-order chi connectivity index (χ0) is 23.8. The number of hydrogen-bond acceptors (Lipinski definition) is 7. The number of hydrogen-bond donors (Lipinski definition) is 3. The standard InChI is InChI=1S/C21H23BrN4O6S/c1-30-7-8-32-17-5-4-14(22)10-16(17)20(29)23-21(33)25-24-19(28)13-9-18(27)26(11-13)12-15-3-2-6-31-15/h2-6,10,13H,7-9,11-12H2,1H3,(H,24,28)(H2,23,25,29,33). The summed E-state index contributed by atoms with van der Waals surface area (Å²) in [6.07, 6.45) is 1.61. The topological polar surface area (TPSA) is 122 Å². The molecule has 2 aromatic rings. The molecular weight excluding hydrogens is 516 g/mol. The number of amides is 3. The highest BCUT2D eigenvalue weighted by atomic mass is 79.9. The Kier molecular flexibility index (Phi) is 8.80. The van der Waals surface area contributed by atoms with Gasteiger partial charge < -0.3 is 18.8 Å². The van der Waals surface area contributed by atoms with Gasteiger partial charge in [0, 0.05) is 24.5 Å². The van der Waals surface area contributed by atoms with Crippen LogP contribution in [0.25, 0.3) is 0 Å². The number of halogens is 1. The van der Waals surface area contributed by atoms with Crippen molar-refractivity contribution in [3.63, 3.8) is 0 Å². The summed E-state index contributed by atoms with van der Waals surface area (Å²) in [4.78, 5) is 38.9. The van der Waals surface area contributed by atoms with Crippen molar-refractivity contribution < 1.29 is 28.3 Å². The average Bonchev–Trinajstić information content (AvgIpc) is 3.43. The predicted octanol–water partition coefficient (Wildman–Crippen LogP) is 1.75. The summed E-state index contributed by atoms with van der Waals surface area (Å²) < 4.78 is 16.5. The molecule has 176 valence electrons. The molecule has 1 aromatic heterocycles. The van der Waals surface area contributed by atoms with E-state index in [0.717, 1.165) is 0 Å². The lowest BCUT2D eigenvalue weighted by Crippen LogP contribution is -2.50. The SMILES string of the molecule is COCCOc1ccc(Br)cc1C(=O)NC(=S)NNC(=O)C1CC(=O)N(Cc2ccco2)C1. The second kappa shape index (κ2) is 11.8. The first-order valence-corrected chi connectivity index (χ1v) is 11.2. The number of ether oxygens (including phenoxy) is 2. The van der Waals surface area contributed by atoms with Gasteiger partial charge in [0.1, 0.15) is 18.1 Å². The maximum atomic E-state index is 12.7. The number of likely N-dealkylation sites (tertiary alicyclic amines) is 1. The molecule has 10 nitrogen and oxygen atoms in total. The molecule has 1 aliphatic heterocycles. The average molecular weight is 539 g/mol. The second-order valence-electron chi connectivity index (χ2n) is 7.13. The number of thiocarbonyl (C=S) groups is 1. The van der Waals surface area contributed by atoms with Gasteiger partial charge in [0.05, 0.1) is 30.9 Å². The molecule has 2 heterocycles. The second-order valence-corrected chi connectivity index (χ2v) is 8.46. The fourth-order valence-electron chi connectivity index (χ4n) is 3.15. The number of hydrazine groups is 1. The number of carbonyl (C=O) groups excluding carboxylic acids is 3. The molecule has 1 unspecified atom stereocenters. The highest BCUT2D eigenvalue weighted by Gasteiger charge is 2.34. The van der Waals surface area contributed by atoms with Crippen molar-refractivity contribution in [3.05, 3.63) is 52.4 Å². The molecule has 1 atom stereocenters. The van der Waals surface area contributed by atoms with Crippen LogP contribution in [0.2, 0.25) is 0 Å². The van der Waals surface area contributed by atoms with Crippen LogP contribution in [-0.4, -0.2) is 54.6 Å². The molecule has 1 fully saturated rings. The molecule has 1 saturated heterocycles. The van der Waals surface area contributed by atoms with Gasteiger partial charge in [-0.15, -0.1) is 0 Å². The largest absolute Gasteiger partial charge is 0.490 e. The Labute approximate surface area is 204 Å². The van der Waals surface area contributed by atoms with E-state index in [1.165, 1.54) is 6.26 Å². The van der Waals surface area contributed by atoms with Crippen LogP contribution in [0, 0.1) is 5.92 Å². The summed E-state index contributed by atoms with van der Waals surface area (Å²) in [6.45, 7) is 1.20. The van der Waals surface area contributed by atoms with Crippen LogP contribution in [0.1, 0.15) is 22.5 Å². The molecule has 0 bridgehead atoms. The van der Waals surface area contributed by atoms with Gasteiger partial charge in [0.2, 0.25) is 11.8 Å². The molecule has 3 rings (SSSR count). The van der Waals surface area contributed by atoms with E-state index in [4.69, 9.17) is 26.1 Å². The minimum Gasteiger partial charge on any atom is -0.490 e. The van der Waals surface area contributed by atoms with E-state index in [9.17, 15) is 14.4 Å². The number of nitrogens with one attached hydrogen (secondary N) is 3. The third kappa shape index (κ3) is 7.01. The Morgan fingerprint density at radius 2 is 2.09 bits per heavy atom. The van der Waals surface area contributed by atoms with Crippen molar-refractivity contribution in [2.24, 2.45) is 5.92 Å². The summed E-state index contributed by atoms with van der Waals surface area (Å²) in [5, 5.41) is 2.39.